The zero-order valence-electron chi connectivity index (χ0n) is 23.3. The molecule has 3 fully saturated rings. The van der Waals surface area contributed by atoms with Gasteiger partial charge in [0.15, 0.2) is 27.0 Å². The van der Waals surface area contributed by atoms with E-state index in [-0.39, 0.29) is 4.90 Å². The number of aromatic nitrogens is 3. The first-order valence-corrected chi connectivity index (χ1v) is 15.6. The summed E-state index contributed by atoms with van der Waals surface area (Å²) in [4.78, 5) is 14.5. The Morgan fingerprint density at radius 3 is 2.40 bits per heavy atom. The average Bonchev–Trinajstić information content (AvgIpc) is 3.96. The van der Waals surface area contributed by atoms with E-state index in [2.05, 4.69) is 22.3 Å². The van der Waals surface area contributed by atoms with Crippen LogP contribution in [0.3, 0.4) is 0 Å². The molecule has 0 amide bonds. The Kier molecular flexibility index (Phi) is 6.75. The minimum atomic E-state index is -3.39. The van der Waals surface area contributed by atoms with Gasteiger partial charge in [0.2, 0.25) is 0 Å². The predicted octanol–water partition coefficient (Wildman–Crippen LogP) is 3.77. The monoisotopic (exact) mass is 582 g/mol. The maximum atomic E-state index is 12.6. The summed E-state index contributed by atoms with van der Waals surface area (Å²) in [5, 5.41) is 3.83. The van der Waals surface area contributed by atoms with Crippen LogP contribution in [0.5, 0.6) is 0 Å². The lowest BCUT2D eigenvalue weighted by Gasteiger charge is -2.22. The average molecular weight is 582 g/mol. The number of hydrogen-bond donors (Lipinski definition) is 0. The molecule has 0 aliphatic carbocycles. The van der Waals surface area contributed by atoms with Gasteiger partial charge in [-0.3, -0.25) is 4.98 Å². The summed E-state index contributed by atoms with van der Waals surface area (Å²) in [6, 6.07) is 16.8. The number of ether oxygens (including phenoxy) is 1. The first-order chi connectivity index (χ1) is 20.3. The molecular formula is C29H28B2N4O6S. The molecule has 212 valence electrons. The van der Waals surface area contributed by atoms with Gasteiger partial charge in [-0.1, -0.05) is 41.6 Å². The molecule has 0 saturated carbocycles. The van der Waals surface area contributed by atoms with E-state index < -0.39 is 20.7 Å². The van der Waals surface area contributed by atoms with E-state index in [4.69, 9.17) is 28.5 Å². The first-order valence-electron chi connectivity index (χ1n) is 14.0. The molecule has 3 aliphatic rings. The van der Waals surface area contributed by atoms with Gasteiger partial charge in [-0.2, -0.15) is 0 Å². The quantitative estimate of drug-likeness (QED) is 0.225. The Bertz CT molecular complexity index is 1760. The molecule has 42 heavy (non-hydrogen) atoms. The third kappa shape index (κ3) is 5.16. The molecular weight excluding hydrogens is 554 g/mol. The smallest absolute Gasteiger partial charge is 0.434 e. The predicted molar refractivity (Wildman–Crippen MR) is 159 cm³/mol. The van der Waals surface area contributed by atoms with Gasteiger partial charge >= 0.3 is 15.0 Å². The van der Waals surface area contributed by atoms with E-state index in [0.717, 1.165) is 31.6 Å². The second-order valence-electron chi connectivity index (χ2n) is 11.1. The Morgan fingerprint density at radius 1 is 1.05 bits per heavy atom. The van der Waals surface area contributed by atoms with Crippen LogP contribution < -0.4 is 0 Å². The number of aliphatic imine (C=N–C) groups is 1. The summed E-state index contributed by atoms with van der Waals surface area (Å²) in [5.74, 6) is 1.44. The molecule has 0 spiro atoms. The molecule has 0 radical (unpaired) electrons. The van der Waals surface area contributed by atoms with Crippen molar-refractivity contribution >= 4 is 30.6 Å². The second-order valence-corrected chi connectivity index (χ2v) is 13.6. The zero-order valence-corrected chi connectivity index (χ0v) is 24.1. The Hall–Kier alpha value is -3.80. The first kappa shape index (κ1) is 27.1. The largest absolute Gasteiger partial charge is 0.549 e. The highest BCUT2D eigenvalue weighted by atomic mass is 32.2. The SMILES string of the molecule is CC(C)S(=O)(=O)c1ccc(-c2cnc(C3(/N=C4\BO4)BO3)c(-c3cc(-c4ccc([C@H]5CCCOC5)cc4)no3)n2)cc1. The van der Waals surface area contributed by atoms with Gasteiger partial charge in [0.25, 0.3) is 0 Å². The Balaban J connectivity index is 1.24. The highest BCUT2D eigenvalue weighted by molar-refractivity contribution is 7.92. The molecule has 0 bridgehead atoms. The van der Waals surface area contributed by atoms with Crippen molar-refractivity contribution < 1.29 is 27.0 Å². The Morgan fingerprint density at radius 2 is 1.76 bits per heavy atom. The van der Waals surface area contributed by atoms with Gasteiger partial charge in [0.1, 0.15) is 17.1 Å². The molecule has 7 rings (SSSR count). The van der Waals surface area contributed by atoms with Crippen LogP contribution in [0, 0.1) is 0 Å². The van der Waals surface area contributed by atoms with Crippen molar-refractivity contribution in [2.75, 3.05) is 13.2 Å². The summed E-state index contributed by atoms with van der Waals surface area (Å²) < 4.78 is 47.7. The second kappa shape index (κ2) is 10.5. The fourth-order valence-electron chi connectivity index (χ4n) is 5.15. The van der Waals surface area contributed by atoms with Crippen LogP contribution in [0.15, 0.2) is 75.2 Å². The lowest BCUT2D eigenvalue weighted by atomic mass is 9.91. The van der Waals surface area contributed by atoms with E-state index in [0.29, 0.717) is 60.8 Å². The number of rotatable bonds is 8. The van der Waals surface area contributed by atoms with E-state index in [1.54, 1.807) is 44.3 Å². The molecule has 2 aromatic heterocycles. The number of sulfone groups is 1. The minimum Gasteiger partial charge on any atom is -0.549 e. The van der Waals surface area contributed by atoms with E-state index in [1.807, 2.05) is 18.2 Å². The topological polar surface area (TPSA) is 133 Å². The van der Waals surface area contributed by atoms with Gasteiger partial charge in [-0.15, -0.1) is 0 Å². The number of nitrogens with zero attached hydrogens (tertiary/aromatic N) is 4. The fourth-order valence-corrected chi connectivity index (χ4v) is 6.21. The summed E-state index contributed by atoms with van der Waals surface area (Å²) in [6.07, 6.45) is 3.83. The fraction of sp³-hybridized carbons (Fsp3) is 0.310. The molecule has 2 atom stereocenters. The van der Waals surface area contributed by atoms with Gasteiger partial charge in [-0.25, -0.2) is 18.4 Å². The molecule has 1 unspecified atom stereocenters. The van der Waals surface area contributed by atoms with Crippen molar-refractivity contribution in [3.63, 3.8) is 0 Å². The van der Waals surface area contributed by atoms with Crippen molar-refractivity contribution in [3.05, 3.63) is 72.1 Å². The van der Waals surface area contributed by atoms with Crippen LogP contribution >= 0.6 is 0 Å². The standard InChI is InChI=1S/C29H28B2N4O6S/c1-17(2)42(36,37)22-11-9-20(10-12-22)24-15-32-27(29(31-41-29)34-28-30-39-28)26(33-24)25-14-23(35-40-25)19-7-5-18(6-8-19)21-4-3-13-38-16-21/h5-12,14-15,17,21,30-31H,3-4,13,16H2,1-2H3/b34-28+/t21-,29?/m0/s1. The molecule has 3 saturated heterocycles. The summed E-state index contributed by atoms with van der Waals surface area (Å²) in [6.45, 7) is 4.91. The van der Waals surface area contributed by atoms with E-state index in [1.165, 1.54) is 5.56 Å². The minimum absolute atomic E-state index is 0.263. The van der Waals surface area contributed by atoms with Gasteiger partial charge in [0, 0.05) is 29.7 Å². The van der Waals surface area contributed by atoms with Crippen LogP contribution in [0.25, 0.3) is 34.0 Å². The molecule has 13 heteroatoms. The van der Waals surface area contributed by atoms with Crippen molar-refractivity contribution in [2.45, 2.75) is 48.4 Å². The van der Waals surface area contributed by atoms with Crippen LogP contribution in [0.1, 0.15) is 43.9 Å². The normalized spacial score (nSPS) is 22.4. The lowest BCUT2D eigenvalue weighted by Crippen LogP contribution is -2.15. The molecule has 0 N–H and O–H groups in total. The molecule has 2 aromatic carbocycles. The number of benzene rings is 2. The van der Waals surface area contributed by atoms with Crippen molar-refractivity contribution in [2.24, 2.45) is 4.99 Å². The lowest BCUT2D eigenvalue weighted by molar-refractivity contribution is 0.0804. The van der Waals surface area contributed by atoms with E-state index >= 15 is 0 Å². The zero-order chi connectivity index (χ0) is 28.9. The van der Waals surface area contributed by atoms with Crippen LogP contribution in [0.2, 0.25) is 0 Å². The third-order valence-electron chi connectivity index (χ3n) is 7.82. The highest BCUT2D eigenvalue weighted by Gasteiger charge is 2.54. The molecule has 5 heterocycles. The van der Waals surface area contributed by atoms with Crippen molar-refractivity contribution in [1.82, 2.24) is 15.1 Å². The van der Waals surface area contributed by atoms with Gasteiger partial charge in [0.05, 0.1) is 28.6 Å². The van der Waals surface area contributed by atoms with Crippen LogP contribution in [0.4, 0.5) is 0 Å². The third-order valence-corrected chi connectivity index (χ3v) is 9.99. The van der Waals surface area contributed by atoms with Crippen molar-refractivity contribution in [3.8, 4) is 34.0 Å². The van der Waals surface area contributed by atoms with Gasteiger partial charge < -0.3 is 18.6 Å². The maximum absolute atomic E-state index is 12.6. The summed E-state index contributed by atoms with van der Waals surface area (Å²) >= 11 is 0. The van der Waals surface area contributed by atoms with E-state index in [9.17, 15) is 8.42 Å². The molecule has 4 aromatic rings. The number of hydrogen-bond acceptors (Lipinski definition) is 10. The maximum Gasteiger partial charge on any atom is 0.434 e. The summed E-state index contributed by atoms with van der Waals surface area (Å²) in [5.41, 5.74) is 4.06. The van der Waals surface area contributed by atoms with Crippen molar-refractivity contribution in [1.29, 1.82) is 0 Å². The molecule has 10 nitrogen and oxygen atoms in total. The van der Waals surface area contributed by atoms with Gasteiger partial charge in [-0.05, 0) is 44.4 Å². The van der Waals surface area contributed by atoms with Crippen LogP contribution in [-0.2, 0) is 29.5 Å². The highest BCUT2D eigenvalue weighted by Crippen LogP contribution is 2.43. The van der Waals surface area contributed by atoms with Crippen LogP contribution in [-0.4, -0.2) is 62.8 Å². The molecule has 3 aliphatic heterocycles. The summed E-state index contributed by atoms with van der Waals surface area (Å²) in [7, 11) is -2.58. The Labute approximate surface area is 245 Å².